The second-order valence-corrected chi connectivity index (χ2v) is 4.52. The van der Waals surface area contributed by atoms with Gasteiger partial charge in [0.1, 0.15) is 17.1 Å². The SMILES string of the molecule is COc1cccc(F)c1C(=O)NCC1CC(O)C1. The van der Waals surface area contributed by atoms with Crippen LogP contribution in [0.25, 0.3) is 0 Å². The van der Waals surface area contributed by atoms with Gasteiger partial charge in [0.05, 0.1) is 13.2 Å². The minimum Gasteiger partial charge on any atom is -0.496 e. The Morgan fingerprint density at radius 3 is 2.89 bits per heavy atom. The van der Waals surface area contributed by atoms with Crippen LogP contribution in [0.4, 0.5) is 4.39 Å². The summed E-state index contributed by atoms with van der Waals surface area (Å²) in [6.45, 7) is 0.452. The minimum absolute atomic E-state index is 0.0696. The third kappa shape index (κ3) is 2.61. The molecule has 1 fully saturated rings. The van der Waals surface area contributed by atoms with Crippen molar-refractivity contribution in [1.82, 2.24) is 5.32 Å². The van der Waals surface area contributed by atoms with Crippen molar-refractivity contribution in [3.8, 4) is 5.75 Å². The van der Waals surface area contributed by atoms with Gasteiger partial charge in [0.2, 0.25) is 0 Å². The molecular formula is C13H16FNO3. The molecule has 2 rings (SSSR count). The standard InChI is InChI=1S/C13H16FNO3/c1-18-11-4-2-3-10(14)12(11)13(17)15-7-8-5-9(16)6-8/h2-4,8-9,16H,5-7H2,1H3,(H,15,17). The number of hydrogen-bond donors (Lipinski definition) is 2. The largest absolute Gasteiger partial charge is 0.496 e. The highest BCUT2D eigenvalue weighted by Crippen LogP contribution is 2.26. The van der Waals surface area contributed by atoms with Crippen LogP contribution in [0.5, 0.6) is 5.75 Å². The van der Waals surface area contributed by atoms with E-state index in [1.54, 1.807) is 6.07 Å². The molecule has 0 atom stereocenters. The van der Waals surface area contributed by atoms with Crippen molar-refractivity contribution in [1.29, 1.82) is 0 Å². The Kier molecular flexibility index (Phi) is 3.81. The predicted molar refractivity (Wildman–Crippen MR) is 64.0 cm³/mol. The highest BCUT2D eigenvalue weighted by Gasteiger charge is 2.28. The number of halogens is 1. The van der Waals surface area contributed by atoms with Crippen LogP contribution >= 0.6 is 0 Å². The number of nitrogens with one attached hydrogen (secondary N) is 1. The Morgan fingerprint density at radius 2 is 2.28 bits per heavy atom. The van der Waals surface area contributed by atoms with E-state index in [1.165, 1.54) is 19.2 Å². The summed E-state index contributed by atoms with van der Waals surface area (Å²) < 4.78 is 18.6. The van der Waals surface area contributed by atoms with E-state index in [4.69, 9.17) is 9.84 Å². The summed E-state index contributed by atoms with van der Waals surface area (Å²) in [6, 6.07) is 4.27. The molecule has 0 saturated heterocycles. The third-order valence-electron chi connectivity index (χ3n) is 3.18. The van der Waals surface area contributed by atoms with Gasteiger partial charge in [0.15, 0.2) is 0 Å². The number of methoxy groups -OCH3 is 1. The molecule has 0 spiro atoms. The van der Waals surface area contributed by atoms with E-state index in [0.29, 0.717) is 19.4 Å². The van der Waals surface area contributed by atoms with Crippen molar-refractivity contribution in [2.45, 2.75) is 18.9 Å². The summed E-state index contributed by atoms with van der Waals surface area (Å²) in [5, 5.41) is 11.8. The number of carbonyl (C=O) groups excluding carboxylic acids is 1. The lowest BCUT2D eigenvalue weighted by molar-refractivity contribution is 0.0419. The first-order valence-corrected chi connectivity index (χ1v) is 5.90. The molecular weight excluding hydrogens is 237 g/mol. The fraction of sp³-hybridized carbons (Fsp3) is 0.462. The van der Waals surface area contributed by atoms with Crippen molar-refractivity contribution in [3.05, 3.63) is 29.6 Å². The lowest BCUT2D eigenvalue weighted by Crippen LogP contribution is -2.38. The summed E-state index contributed by atoms with van der Waals surface area (Å²) in [5.74, 6) is -0.574. The summed E-state index contributed by atoms with van der Waals surface area (Å²) in [4.78, 5) is 11.9. The molecule has 0 aromatic heterocycles. The molecule has 0 heterocycles. The van der Waals surface area contributed by atoms with Crippen LogP contribution in [-0.4, -0.2) is 30.8 Å². The van der Waals surface area contributed by atoms with Crippen LogP contribution in [0.2, 0.25) is 0 Å². The van der Waals surface area contributed by atoms with Crippen molar-refractivity contribution >= 4 is 5.91 Å². The summed E-state index contributed by atoms with van der Waals surface area (Å²) in [5.41, 5.74) is -0.0696. The Balaban J connectivity index is 2.00. The van der Waals surface area contributed by atoms with E-state index in [2.05, 4.69) is 5.32 Å². The zero-order valence-corrected chi connectivity index (χ0v) is 10.1. The molecule has 0 radical (unpaired) electrons. The number of benzene rings is 1. The normalized spacial score (nSPS) is 22.2. The molecule has 0 unspecified atom stereocenters. The van der Waals surface area contributed by atoms with Gasteiger partial charge in [-0.1, -0.05) is 6.07 Å². The van der Waals surface area contributed by atoms with Gasteiger partial charge in [-0.25, -0.2) is 4.39 Å². The van der Waals surface area contributed by atoms with E-state index in [-0.39, 0.29) is 23.3 Å². The van der Waals surface area contributed by atoms with Gasteiger partial charge < -0.3 is 15.2 Å². The van der Waals surface area contributed by atoms with Crippen LogP contribution in [0.15, 0.2) is 18.2 Å². The fourth-order valence-electron chi connectivity index (χ4n) is 2.09. The van der Waals surface area contributed by atoms with Crippen LogP contribution in [-0.2, 0) is 0 Å². The van der Waals surface area contributed by atoms with Gasteiger partial charge in [0, 0.05) is 6.54 Å². The van der Waals surface area contributed by atoms with Gasteiger partial charge in [-0.2, -0.15) is 0 Å². The van der Waals surface area contributed by atoms with Crippen molar-refractivity contribution in [3.63, 3.8) is 0 Å². The molecule has 4 nitrogen and oxygen atoms in total. The molecule has 0 aliphatic heterocycles. The first-order valence-electron chi connectivity index (χ1n) is 5.90. The van der Waals surface area contributed by atoms with E-state index < -0.39 is 11.7 Å². The highest BCUT2D eigenvalue weighted by molar-refractivity contribution is 5.97. The molecule has 1 aromatic carbocycles. The van der Waals surface area contributed by atoms with Gasteiger partial charge >= 0.3 is 0 Å². The fourth-order valence-corrected chi connectivity index (χ4v) is 2.09. The molecule has 2 N–H and O–H groups in total. The summed E-state index contributed by atoms with van der Waals surface area (Å²) >= 11 is 0. The average molecular weight is 253 g/mol. The highest BCUT2D eigenvalue weighted by atomic mass is 19.1. The summed E-state index contributed by atoms with van der Waals surface area (Å²) in [6.07, 6.45) is 1.12. The van der Waals surface area contributed by atoms with E-state index in [0.717, 1.165) is 0 Å². The number of carbonyl (C=O) groups is 1. The Labute approximate surface area is 105 Å². The number of aliphatic hydroxyl groups is 1. The van der Waals surface area contributed by atoms with Gasteiger partial charge in [0.25, 0.3) is 5.91 Å². The number of aliphatic hydroxyl groups excluding tert-OH is 1. The maximum Gasteiger partial charge on any atom is 0.258 e. The number of amides is 1. The average Bonchev–Trinajstić information content (AvgIpc) is 2.32. The molecule has 18 heavy (non-hydrogen) atoms. The lowest BCUT2D eigenvalue weighted by atomic mass is 9.82. The molecule has 1 saturated carbocycles. The van der Waals surface area contributed by atoms with Crippen LogP contribution in [0.3, 0.4) is 0 Å². The number of rotatable bonds is 4. The maximum absolute atomic E-state index is 13.6. The first kappa shape index (κ1) is 12.8. The molecule has 1 aromatic rings. The smallest absolute Gasteiger partial charge is 0.258 e. The molecule has 5 heteroatoms. The van der Waals surface area contributed by atoms with Gasteiger partial charge in [-0.05, 0) is 30.9 Å². The zero-order valence-electron chi connectivity index (χ0n) is 10.1. The number of ether oxygens (including phenoxy) is 1. The van der Waals surface area contributed by atoms with Crippen molar-refractivity contribution in [2.75, 3.05) is 13.7 Å². The van der Waals surface area contributed by atoms with E-state index >= 15 is 0 Å². The lowest BCUT2D eigenvalue weighted by Gasteiger charge is -2.31. The van der Waals surface area contributed by atoms with E-state index in [1.807, 2.05) is 0 Å². The Hall–Kier alpha value is -1.62. The van der Waals surface area contributed by atoms with Crippen LogP contribution in [0.1, 0.15) is 23.2 Å². The second-order valence-electron chi connectivity index (χ2n) is 4.52. The zero-order chi connectivity index (χ0) is 13.1. The molecule has 0 bridgehead atoms. The number of hydrogen-bond acceptors (Lipinski definition) is 3. The van der Waals surface area contributed by atoms with Crippen LogP contribution in [0, 0.1) is 11.7 Å². The first-order chi connectivity index (χ1) is 8.61. The molecule has 1 aliphatic carbocycles. The third-order valence-corrected chi connectivity index (χ3v) is 3.18. The van der Waals surface area contributed by atoms with Crippen LogP contribution < -0.4 is 10.1 Å². The monoisotopic (exact) mass is 253 g/mol. The van der Waals surface area contributed by atoms with E-state index in [9.17, 15) is 9.18 Å². The molecule has 1 amide bonds. The predicted octanol–water partition coefficient (Wildman–Crippen LogP) is 1.33. The topological polar surface area (TPSA) is 58.6 Å². The summed E-state index contributed by atoms with van der Waals surface area (Å²) in [7, 11) is 1.40. The van der Waals surface area contributed by atoms with Crippen molar-refractivity contribution < 1.29 is 19.0 Å². The quantitative estimate of drug-likeness (QED) is 0.851. The Bertz CT molecular complexity index is 444. The van der Waals surface area contributed by atoms with Crippen molar-refractivity contribution in [2.24, 2.45) is 5.92 Å². The maximum atomic E-state index is 13.6. The molecule has 98 valence electrons. The molecule has 1 aliphatic rings. The second kappa shape index (κ2) is 5.35. The van der Waals surface area contributed by atoms with Gasteiger partial charge in [-0.3, -0.25) is 4.79 Å². The van der Waals surface area contributed by atoms with Gasteiger partial charge in [-0.15, -0.1) is 0 Å². The minimum atomic E-state index is -0.597. The Morgan fingerprint density at radius 1 is 1.56 bits per heavy atom.